The van der Waals surface area contributed by atoms with E-state index in [-0.39, 0.29) is 0 Å². The number of benzene rings is 3. The Morgan fingerprint density at radius 3 is 1.44 bits per heavy atom. The summed E-state index contributed by atoms with van der Waals surface area (Å²) in [4.78, 5) is 19.1. The molecular formula is C24H18Cl3N4ORhS. The first kappa shape index (κ1) is 25.1. The first-order chi connectivity index (χ1) is 16.3. The molecule has 0 amide bonds. The van der Waals surface area contributed by atoms with Crippen molar-refractivity contribution in [3.05, 3.63) is 73.1 Å². The fourth-order valence-corrected chi connectivity index (χ4v) is 3.69. The summed E-state index contributed by atoms with van der Waals surface area (Å²) in [6.45, 7) is 0. The predicted octanol–water partition coefficient (Wildman–Crippen LogP) is 7.09. The smallest absolute Gasteiger partial charge is 0.0996 e. The number of hydrogen-bond acceptors (Lipinski definition) is 5. The van der Waals surface area contributed by atoms with Crippen LogP contribution in [0.15, 0.2) is 73.1 Å². The molecule has 0 saturated heterocycles. The van der Waals surface area contributed by atoms with Gasteiger partial charge in [0.05, 0.1) is 33.1 Å². The molecule has 0 aliphatic rings. The molecule has 0 radical (unpaired) electrons. The summed E-state index contributed by atoms with van der Waals surface area (Å²) in [6, 6.07) is 20.4. The van der Waals surface area contributed by atoms with Crippen molar-refractivity contribution in [1.82, 2.24) is 19.9 Å². The normalized spacial score (nSPS) is 11.4. The van der Waals surface area contributed by atoms with E-state index in [1.165, 1.54) is 10.8 Å². The average molecular weight is 620 g/mol. The molecule has 5 nitrogen and oxygen atoms in total. The summed E-state index contributed by atoms with van der Waals surface area (Å²) >= 11 is -1.66. The zero-order valence-electron chi connectivity index (χ0n) is 18.0. The van der Waals surface area contributed by atoms with Gasteiger partial charge in [-0.25, -0.2) is 9.97 Å². The zero-order valence-corrected chi connectivity index (χ0v) is 22.7. The van der Waals surface area contributed by atoms with Gasteiger partial charge in [-0.05, 0) is 47.2 Å². The molecule has 3 aromatic heterocycles. The van der Waals surface area contributed by atoms with Gasteiger partial charge in [-0.15, -0.1) is 0 Å². The molecule has 0 aliphatic carbocycles. The van der Waals surface area contributed by atoms with Crippen LogP contribution in [0.2, 0.25) is 0 Å². The van der Waals surface area contributed by atoms with Crippen LogP contribution in [0, 0.1) is 0 Å². The number of hydrogen-bond donors (Lipinski definition) is 0. The molecule has 0 spiro atoms. The number of aromatic nitrogens is 4. The minimum atomic E-state index is -1.66. The van der Waals surface area contributed by atoms with Crippen molar-refractivity contribution in [3.63, 3.8) is 0 Å². The third-order valence-corrected chi connectivity index (χ3v) is 4.88. The Balaban J connectivity index is 0.000000302. The van der Waals surface area contributed by atoms with Crippen LogP contribution in [-0.2, 0) is 23.8 Å². The van der Waals surface area contributed by atoms with Crippen molar-refractivity contribution in [2.75, 3.05) is 12.5 Å². The molecule has 6 aromatic rings. The van der Waals surface area contributed by atoms with Crippen molar-refractivity contribution in [2.24, 2.45) is 0 Å². The Labute approximate surface area is 216 Å². The Morgan fingerprint density at radius 2 is 1.06 bits per heavy atom. The van der Waals surface area contributed by atoms with Crippen molar-refractivity contribution in [2.45, 2.75) is 0 Å². The summed E-state index contributed by atoms with van der Waals surface area (Å²) < 4.78 is 9.56. The minimum Gasteiger partial charge on any atom is -0.254 e. The Bertz CT molecular complexity index is 1550. The monoisotopic (exact) mass is 618 g/mol. The number of pyridine rings is 2. The van der Waals surface area contributed by atoms with Crippen LogP contribution >= 0.6 is 29.1 Å². The Hall–Kier alpha value is -2.02. The second-order valence-electron chi connectivity index (χ2n) is 7.29. The first-order valence-electron chi connectivity index (χ1n) is 9.86. The van der Waals surface area contributed by atoms with Crippen molar-refractivity contribution < 1.29 is 17.2 Å². The van der Waals surface area contributed by atoms with Gasteiger partial charge in [-0.1, -0.05) is 24.3 Å². The molecule has 10 heteroatoms. The van der Waals surface area contributed by atoms with E-state index in [0.29, 0.717) is 0 Å². The van der Waals surface area contributed by atoms with Gasteiger partial charge in [-0.2, -0.15) is 0 Å². The van der Waals surface area contributed by atoms with E-state index in [4.69, 9.17) is 39.0 Å². The van der Waals surface area contributed by atoms with E-state index >= 15 is 0 Å². The predicted molar refractivity (Wildman–Crippen MR) is 143 cm³/mol. The molecular weight excluding hydrogens is 602 g/mol. The average Bonchev–Trinajstić information content (AvgIpc) is 2.81. The van der Waals surface area contributed by atoms with Crippen molar-refractivity contribution in [1.29, 1.82) is 0 Å². The largest absolute Gasteiger partial charge is 0.254 e. The molecule has 6 rings (SSSR count). The van der Waals surface area contributed by atoms with E-state index in [2.05, 4.69) is 34.2 Å². The molecule has 0 fully saturated rings. The second kappa shape index (κ2) is 11.1. The third-order valence-electron chi connectivity index (χ3n) is 4.88. The van der Waals surface area contributed by atoms with Crippen molar-refractivity contribution in [3.8, 4) is 0 Å². The topological polar surface area (TPSA) is 68.6 Å². The van der Waals surface area contributed by atoms with Gasteiger partial charge in [0.1, 0.15) is 0 Å². The Kier molecular flexibility index (Phi) is 8.23. The van der Waals surface area contributed by atoms with E-state index in [0.717, 1.165) is 43.9 Å². The maximum Gasteiger partial charge on any atom is 0.0996 e. The summed E-state index contributed by atoms with van der Waals surface area (Å²) in [6.07, 6.45) is 6.87. The van der Waals surface area contributed by atoms with Gasteiger partial charge >= 0.3 is 42.1 Å². The quantitative estimate of drug-likeness (QED) is 0.103. The molecule has 0 aliphatic heterocycles. The van der Waals surface area contributed by atoms with Crippen molar-refractivity contribution >= 4 is 94.5 Å². The fourth-order valence-electron chi connectivity index (χ4n) is 3.69. The van der Waals surface area contributed by atoms with E-state index in [9.17, 15) is 4.21 Å². The Morgan fingerprint density at radius 1 is 0.676 bits per heavy atom. The number of nitrogens with zero attached hydrogens (tertiary/aromatic N) is 4. The first-order valence-corrected chi connectivity index (χ1v) is 18.2. The summed E-state index contributed by atoms with van der Waals surface area (Å²) in [5.74, 6) is 0. The van der Waals surface area contributed by atoms with Crippen LogP contribution in [0.4, 0.5) is 0 Å². The van der Waals surface area contributed by atoms with Crippen LogP contribution in [0.1, 0.15) is 0 Å². The van der Waals surface area contributed by atoms with Gasteiger partial charge in [0, 0.05) is 46.5 Å². The fraction of sp³-hybridized carbons (Fsp3) is 0.0833. The SMILES string of the molecule is CS(C)=O.[Cl][Rh]([Cl])[Cl].c1ccc2cc3nc4c5cccnc5c5ncccc5c4nc3cc2c1. The standard InChI is InChI=1S/C22H12N4.C2H6OS.3ClH.Rh/c1-2-6-14-12-18-17(11-13(14)5-1)25-21-15-7-3-9-23-19(15)20-16(22(21)26-18)8-4-10-24-20;1-4(2)3;;;;/h1-12H;1-2H3;3*1H;/q;;;;;+3/p-3. The summed E-state index contributed by atoms with van der Waals surface area (Å²) in [7, 11) is 14.2. The van der Waals surface area contributed by atoms with Crippen LogP contribution < -0.4 is 0 Å². The molecule has 3 heterocycles. The summed E-state index contributed by atoms with van der Waals surface area (Å²) in [5, 5.41) is 4.30. The van der Waals surface area contributed by atoms with E-state index in [1.54, 1.807) is 24.9 Å². The molecule has 0 N–H and O–H groups in total. The van der Waals surface area contributed by atoms with Crippen LogP contribution in [-0.4, -0.2) is 36.7 Å². The number of fused-ring (bicyclic) bond motifs is 8. The minimum absolute atomic E-state index is 0.611. The molecule has 34 heavy (non-hydrogen) atoms. The molecule has 3 aromatic carbocycles. The molecule has 0 bridgehead atoms. The van der Waals surface area contributed by atoms with Gasteiger partial charge in [0.15, 0.2) is 0 Å². The molecule has 176 valence electrons. The van der Waals surface area contributed by atoms with Gasteiger partial charge in [0.2, 0.25) is 0 Å². The molecule has 0 atom stereocenters. The third kappa shape index (κ3) is 5.61. The molecule has 0 unspecified atom stereocenters. The molecule has 0 saturated carbocycles. The van der Waals surface area contributed by atoms with Crippen LogP contribution in [0.25, 0.3) is 54.6 Å². The van der Waals surface area contributed by atoms with Crippen LogP contribution in [0.5, 0.6) is 0 Å². The van der Waals surface area contributed by atoms with Crippen LogP contribution in [0.3, 0.4) is 0 Å². The number of halogens is 3. The van der Waals surface area contributed by atoms with Gasteiger partial charge < -0.3 is 0 Å². The second-order valence-corrected chi connectivity index (χ2v) is 16.2. The van der Waals surface area contributed by atoms with E-state index < -0.39 is 23.8 Å². The van der Waals surface area contributed by atoms with Gasteiger partial charge in [0.25, 0.3) is 0 Å². The maximum absolute atomic E-state index is 9.56. The summed E-state index contributed by atoms with van der Waals surface area (Å²) in [5.41, 5.74) is 5.26. The maximum atomic E-state index is 9.56. The van der Waals surface area contributed by atoms with E-state index in [1.807, 2.05) is 36.4 Å². The van der Waals surface area contributed by atoms with Gasteiger partial charge in [-0.3, -0.25) is 14.2 Å². The zero-order chi connectivity index (χ0) is 24.2. The number of rotatable bonds is 0.